The van der Waals surface area contributed by atoms with Gasteiger partial charge in [-0.25, -0.2) is 0 Å². The summed E-state index contributed by atoms with van der Waals surface area (Å²) in [5.41, 5.74) is 3.57. The summed E-state index contributed by atoms with van der Waals surface area (Å²) in [6.07, 6.45) is 2.67. The quantitative estimate of drug-likeness (QED) is 0.313. The van der Waals surface area contributed by atoms with Crippen molar-refractivity contribution in [1.29, 1.82) is 0 Å². The van der Waals surface area contributed by atoms with Crippen LogP contribution in [0.15, 0.2) is 72.9 Å². The molecule has 8 nitrogen and oxygen atoms in total. The third-order valence-electron chi connectivity index (χ3n) is 7.04. The molecular formula is C31H33N3O5. The van der Waals surface area contributed by atoms with Gasteiger partial charge in [-0.3, -0.25) is 9.59 Å². The zero-order chi connectivity index (χ0) is 27.4. The molecule has 0 saturated carbocycles. The Morgan fingerprint density at radius 1 is 0.974 bits per heavy atom. The number of nitrogens with one attached hydrogen (secondary N) is 1. The van der Waals surface area contributed by atoms with E-state index < -0.39 is 0 Å². The number of methoxy groups -OCH3 is 1. The molecule has 1 aliphatic heterocycles. The van der Waals surface area contributed by atoms with Crippen LogP contribution in [0.1, 0.15) is 35.3 Å². The highest BCUT2D eigenvalue weighted by Crippen LogP contribution is 2.33. The normalized spacial score (nSPS) is 12.1. The summed E-state index contributed by atoms with van der Waals surface area (Å²) < 4.78 is 16.4. The Bertz CT molecular complexity index is 1480. The minimum absolute atomic E-state index is 0.0476. The number of aromatic nitrogens is 1. The summed E-state index contributed by atoms with van der Waals surface area (Å²) in [6, 6.07) is 20.7. The second-order valence-electron chi connectivity index (χ2n) is 9.83. The van der Waals surface area contributed by atoms with Gasteiger partial charge >= 0.3 is 0 Å². The van der Waals surface area contributed by atoms with Crippen LogP contribution in [0.2, 0.25) is 0 Å². The SMILES string of the molecule is COc1ccccc1CN(CCc1c[nH]c2ccccc12)C(=O)CN(C(=O)c1ccc2c(c1)OCO2)C(C)C. The molecule has 0 fully saturated rings. The molecule has 202 valence electrons. The van der Waals surface area contributed by atoms with Crippen molar-refractivity contribution in [2.75, 3.05) is 27.0 Å². The van der Waals surface area contributed by atoms with Gasteiger partial charge in [0.1, 0.15) is 12.3 Å². The van der Waals surface area contributed by atoms with E-state index in [0.29, 0.717) is 36.6 Å². The number of ether oxygens (including phenoxy) is 3. The number of carbonyl (C=O) groups excluding carboxylic acids is 2. The maximum absolute atomic E-state index is 13.8. The molecule has 4 aromatic rings. The Labute approximate surface area is 228 Å². The van der Waals surface area contributed by atoms with Crippen molar-refractivity contribution in [3.63, 3.8) is 0 Å². The molecular weight excluding hydrogens is 494 g/mol. The molecule has 2 heterocycles. The molecule has 0 unspecified atom stereocenters. The standard InChI is InChI=1S/C31H33N3O5/c1-21(2)34(31(36)22-12-13-28-29(16-22)39-20-38-28)19-30(35)33(18-24-8-4-7-11-27(24)37-3)15-14-23-17-32-26-10-6-5-9-25(23)26/h4-13,16-17,21,32H,14-15,18-20H2,1-3H3. The fourth-order valence-electron chi connectivity index (χ4n) is 4.86. The average molecular weight is 528 g/mol. The van der Waals surface area contributed by atoms with Gasteiger partial charge in [-0.2, -0.15) is 0 Å². The molecule has 0 saturated heterocycles. The molecule has 0 bridgehead atoms. The number of rotatable bonds is 10. The third-order valence-corrected chi connectivity index (χ3v) is 7.04. The first-order chi connectivity index (χ1) is 18.9. The van der Waals surface area contributed by atoms with E-state index in [1.165, 1.54) is 0 Å². The van der Waals surface area contributed by atoms with Crippen LogP contribution in [0.4, 0.5) is 0 Å². The summed E-state index contributed by atoms with van der Waals surface area (Å²) in [7, 11) is 1.63. The van der Waals surface area contributed by atoms with Gasteiger partial charge in [-0.15, -0.1) is 0 Å². The zero-order valence-corrected chi connectivity index (χ0v) is 22.5. The van der Waals surface area contributed by atoms with Gasteiger partial charge < -0.3 is 29.0 Å². The highest BCUT2D eigenvalue weighted by molar-refractivity contribution is 5.97. The molecule has 1 aliphatic rings. The third kappa shape index (κ3) is 5.70. The molecule has 8 heteroatoms. The highest BCUT2D eigenvalue weighted by atomic mass is 16.7. The smallest absolute Gasteiger partial charge is 0.254 e. The van der Waals surface area contributed by atoms with Crippen LogP contribution >= 0.6 is 0 Å². The van der Waals surface area contributed by atoms with Crippen LogP contribution in [0.25, 0.3) is 10.9 Å². The molecule has 39 heavy (non-hydrogen) atoms. The van der Waals surface area contributed by atoms with Crippen molar-refractivity contribution in [2.24, 2.45) is 0 Å². The maximum atomic E-state index is 13.8. The van der Waals surface area contributed by atoms with Gasteiger partial charge in [0.15, 0.2) is 11.5 Å². The van der Waals surface area contributed by atoms with E-state index >= 15 is 0 Å². The molecule has 0 atom stereocenters. The van der Waals surface area contributed by atoms with E-state index in [1.807, 2.05) is 67.4 Å². The molecule has 3 aromatic carbocycles. The predicted octanol–water partition coefficient (Wildman–Crippen LogP) is 5.03. The zero-order valence-electron chi connectivity index (χ0n) is 22.5. The molecule has 5 rings (SSSR count). The average Bonchev–Trinajstić information content (AvgIpc) is 3.60. The van der Waals surface area contributed by atoms with Crippen molar-refractivity contribution >= 4 is 22.7 Å². The Kier molecular flexibility index (Phi) is 7.72. The molecule has 2 amide bonds. The molecule has 0 aliphatic carbocycles. The van der Waals surface area contributed by atoms with Crippen LogP contribution in [-0.4, -0.2) is 59.6 Å². The number of amides is 2. The minimum Gasteiger partial charge on any atom is -0.496 e. The number of hydrogen-bond donors (Lipinski definition) is 1. The van der Waals surface area contributed by atoms with Gasteiger partial charge in [0.25, 0.3) is 5.91 Å². The van der Waals surface area contributed by atoms with Crippen molar-refractivity contribution in [2.45, 2.75) is 32.9 Å². The topological polar surface area (TPSA) is 84.1 Å². The van der Waals surface area contributed by atoms with E-state index in [2.05, 4.69) is 11.1 Å². The van der Waals surface area contributed by atoms with Gasteiger partial charge in [-0.05, 0) is 56.2 Å². The fraction of sp³-hybridized carbons (Fsp3) is 0.290. The number of benzene rings is 3. The van der Waals surface area contributed by atoms with E-state index in [9.17, 15) is 9.59 Å². The maximum Gasteiger partial charge on any atom is 0.254 e. The van der Waals surface area contributed by atoms with Crippen LogP contribution in [0.5, 0.6) is 17.2 Å². The second kappa shape index (κ2) is 11.5. The van der Waals surface area contributed by atoms with Gasteiger partial charge in [0.05, 0.1) is 7.11 Å². The largest absolute Gasteiger partial charge is 0.496 e. The van der Waals surface area contributed by atoms with Crippen LogP contribution in [0, 0.1) is 0 Å². The molecule has 0 spiro atoms. The summed E-state index contributed by atoms with van der Waals surface area (Å²) in [6.45, 7) is 4.77. The number of para-hydroxylation sites is 2. The number of hydrogen-bond acceptors (Lipinski definition) is 5. The Balaban J connectivity index is 1.37. The van der Waals surface area contributed by atoms with Gasteiger partial charge in [-0.1, -0.05) is 36.4 Å². The number of nitrogens with zero attached hydrogens (tertiary/aromatic N) is 2. The second-order valence-corrected chi connectivity index (χ2v) is 9.83. The van der Waals surface area contributed by atoms with Crippen LogP contribution in [-0.2, 0) is 17.8 Å². The van der Waals surface area contributed by atoms with E-state index in [1.54, 1.807) is 30.2 Å². The van der Waals surface area contributed by atoms with Crippen LogP contribution < -0.4 is 14.2 Å². The fourth-order valence-corrected chi connectivity index (χ4v) is 4.86. The van der Waals surface area contributed by atoms with E-state index in [0.717, 1.165) is 27.8 Å². The number of H-pyrrole nitrogens is 1. The lowest BCUT2D eigenvalue weighted by Crippen LogP contribution is -2.46. The van der Waals surface area contributed by atoms with Crippen molar-refractivity contribution < 1.29 is 23.8 Å². The lowest BCUT2D eigenvalue weighted by molar-refractivity contribution is -0.132. The van der Waals surface area contributed by atoms with Gasteiger partial charge in [0, 0.05) is 47.4 Å². The van der Waals surface area contributed by atoms with Crippen molar-refractivity contribution in [1.82, 2.24) is 14.8 Å². The lowest BCUT2D eigenvalue weighted by atomic mass is 10.1. The molecule has 1 aromatic heterocycles. The van der Waals surface area contributed by atoms with E-state index in [4.69, 9.17) is 14.2 Å². The first-order valence-corrected chi connectivity index (χ1v) is 13.1. The Morgan fingerprint density at radius 2 is 1.74 bits per heavy atom. The van der Waals surface area contributed by atoms with Crippen LogP contribution in [0.3, 0.4) is 0 Å². The summed E-state index contributed by atoms with van der Waals surface area (Å²) in [5.74, 6) is 1.50. The van der Waals surface area contributed by atoms with E-state index in [-0.39, 0.29) is 31.2 Å². The Morgan fingerprint density at radius 3 is 2.56 bits per heavy atom. The molecule has 1 N–H and O–H groups in total. The summed E-state index contributed by atoms with van der Waals surface area (Å²) in [5, 5.41) is 1.14. The number of carbonyl (C=O) groups is 2. The summed E-state index contributed by atoms with van der Waals surface area (Å²) >= 11 is 0. The lowest BCUT2D eigenvalue weighted by Gasteiger charge is -2.30. The first-order valence-electron chi connectivity index (χ1n) is 13.1. The monoisotopic (exact) mass is 527 g/mol. The first kappa shape index (κ1) is 26.2. The molecule has 0 radical (unpaired) electrons. The minimum atomic E-state index is -0.231. The predicted molar refractivity (Wildman–Crippen MR) is 149 cm³/mol. The van der Waals surface area contributed by atoms with Crippen molar-refractivity contribution in [3.8, 4) is 17.2 Å². The van der Waals surface area contributed by atoms with Gasteiger partial charge in [0.2, 0.25) is 12.7 Å². The number of aromatic amines is 1. The summed E-state index contributed by atoms with van der Waals surface area (Å²) in [4.78, 5) is 34.1. The van der Waals surface area contributed by atoms with Crippen molar-refractivity contribution in [3.05, 3.63) is 89.6 Å². The number of fused-ring (bicyclic) bond motifs is 2. The highest BCUT2D eigenvalue weighted by Gasteiger charge is 2.27. The Hall–Kier alpha value is -4.46.